The molecule has 170 valence electrons. The second kappa shape index (κ2) is 8.80. The second-order valence-corrected chi connectivity index (χ2v) is 7.11. The third-order valence-corrected chi connectivity index (χ3v) is 4.81. The van der Waals surface area contributed by atoms with Gasteiger partial charge in [0.25, 0.3) is 0 Å². The van der Waals surface area contributed by atoms with E-state index in [9.17, 15) is 35.1 Å². The number of halogens is 8. The number of rotatable bonds is 6. The summed E-state index contributed by atoms with van der Waals surface area (Å²) in [7, 11) is 0. The molecule has 0 N–H and O–H groups in total. The molecule has 1 nitrogen and oxygen atoms in total. The summed E-state index contributed by atoms with van der Waals surface area (Å²) in [6, 6.07) is 5.12. The number of hydrogen-bond donors (Lipinski definition) is 0. The van der Waals surface area contributed by atoms with Gasteiger partial charge in [0.15, 0.2) is 17.5 Å². The van der Waals surface area contributed by atoms with Crippen LogP contribution in [0.25, 0.3) is 11.1 Å². The maximum Gasteiger partial charge on any atom is 0.432 e. The Balaban J connectivity index is 2.01. The first-order chi connectivity index (χ1) is 15.0. The zero-order valence-corrected chi connectivity index (χ0v) is 16.8. The van der Waals surface area contributed by atoms with Gasteiger partial charge in [-0.25, -0.2) is 26.3 Å². The highest BCUT2D eigenvalue weighted by atomic mass is 19.3. The fourth-order valence-corrected chi connectivity index (χ4v) is 3.20. The minimum atomic E-state index is -4.72. The summed E-state index contributed by atoms with van der Waals surface area (Å²) in [5, 5.41) is 0. The lowest BCUT2D eigenvalue weighted by Gasteiger charge is -2.21. The van der Waals surface area contributed by atoms with Crippen LogP contribution >= 0.6 is 0 Å². The highest BCUT2D eigenvalue weighted by Crippen LogP contribution is 2.39. The molecule has 0 amide bonds. The molecule has 0 saturated heterocycles. The Hall–Kier alpha value is -3.10. The monoisotopic (exact) mass is 460 g/mol. The van der Waals surface area contributed by atoms with Gasteiger partial charge in [0, 0.05) is 17.2 Å². The molecule has 3 rings (SSSR count). The summed E-state index contributed by atoms with van der Waals surface area (Å²) in [6.07, 6.45) is -3.41. The van der Waals surface area contributed by atoms with Crippen molar-refractivity contribution in [2.24, 2.45) is 0 Å². The number of aryl methyl sites for hydroxylation is 1. The molecule has 3 aromatic carbocycles. The number of alkyl halides is 2. The lowest BCUT2D eigenvalue weighted by atomic mass is 9.99. The third-order valence-electron chi connectivity index (χ3n) is 4.81. The van der Waals surface area contributed by atoms with Crippen molar-refractivity contribution in [1.82, 2.24) is 0 Å². The Bertz CT molecular complexity index is 1150. The molecule has 0 bridgehead atoms. The molecule has 0 saturated carbocycles. The van der Waals surface area contributed by atoms with Gasteiger partial charge >= 0.3 is 6.11 Å². The molecule has 0 spiro atoms. The molecule has 0 heterocycles. The molecule has 0 radical (unpaired) electrons. The smallest absolute Gasteiger partial charge is 0.428 e. The lowest BCUT2D eigenvalue weighted by molar-refractivity contribution is -0.190. The molecular weight excluding hydrogens is 444 g/mol. The fraction of sp³-hybridized carbons (Fsp3) is 0.217. The van der Waals surface area contributed by atoms with Crippen molar-refractivity contribution < 1.29 is 39.9 Å². The van der Waals surface area contributed by atoms with Crippen molar-refractivity contribution in [2.75, 3.05) is 0 Å². The van der Waals surface area contributed by atoms with Crippen molar-refractivity contribution in [2.45, 2.75) is 32.8 Å². The maximum absolute atomic E-state index is 14.5. The maximum atomic E-state index is 14.5. The Labute approximate surface area is 178 Å². The highest BCUT2D eigenvalue weighted by molar-refractivity contribution is 5.65. The summed E-state index contributed by atoms with van der Waals surface area (Å²) in [5.74, 6) is -11.0. The average molecular weight is 460 g/mol. The van der Waals surface area contributed by atoms with E-state index in [1.807, 2.05) is 6.92 Å². The van der Waals surface area contributed by atoms with Crippen LogP contribution in [0.2, 0.25) is 0 Å². The molecule has 0 aliphatic rings. The molecule has 32 heavy (non-hydrogen) atoms. The summed E-state index contributed by atoms with van der Waals surface area (Å²) in [5.41, 5.74) is -2.57. The summed E-state index contributed by atoms with van der Waals surface area (Å²) in [6.45, 7) is 2.71. The van der Waals surface area contributed by atoms with E-state index in [-0.39, 0.29) is 17.2 Å². The van der Waals surface area contributed by atoms with Gasteiger partial charge < -0.3 is 4.74 Å². The van der Waals surface area contributed by atoms with Crippen LogP contribution in [0, 0.1) is 41.8 Å². The molecule has 0 aliphatic heterocycles. The largest absolute Gasteiger partial charge is 0.432 e. The normalized spacial score (nSPS) is 11.7. The van der Waals surface area contributed by atoms with Crippen LogP contribution < -0.4 is 4.74 Å². The zero-order chi connectivity index (χ0) is 23.8. The Morgan fingerprint density at radius 3 is 1.97 bits per heavy atom. The molecule has 0 aromatic heterocycles. The van der Waals surface area contributed by atoms with Gasteiger partial charge in [-0.1, -0.05) is 25.5 Å². The quantitative estimate of drug-likeness (QED) is 0.272. The van der Waals surface area contributed by atoms with Crippen LogP contribution in [0.1, 0.15) is 30.0 Å². The zero-order valence-electron chi connectivity index (χ0n) is 16.8. The average Bonchev–Trinajstić information content (AvgIpc) is 2.69. The molecule has 9 heteroatoms. The van der Waals surface area contributed by atoms with Crippen LogP contribution in [0.5, 0.6) is 5.75 Å². The molecule has 0 aliphatic carbocycles. The van der Waals surface area contributed by atoms with Gasteiger partial charge in [0.2, 0.25) is 0 Å². The SMILES string of the molecule is CCCc1ccc(-c2cc(F)c(C(F)(F)Oc3cc(F)c(F)c(F)c3C)c(F)c2)c(F)c1. The topological polar surface area (TPSA) is 9.23 Å². The van der Waals surface area contributed by atoms with Gasteiger partial charge in [-0.15, -0.1) is 0 Å². The van der Waals surface area contributed by atoms with Crippen LogP contribution in [0.4, 0.5) is 35.1 Å². The Morgan fingerprint density at radius 1 is 0.781 bits per heavy atom. The van der Waals surface area contributed by atoms with E-state index in [1.54, 1.807) is 6.07 Å². The molecule has 0 unspecified atom stereocenters. The van der Waals surface area contributed by atoms with Crippen molar-refractivity contribution in [3.63, 3.8) is 0 Å². The molecular formula is C23H16F8O. The van der Waals surface area contributed by atoms with E-state index in [4.69, 9.17) is 0 Å². The number of ether oxygens (including phenoxy) is 1. The summed E-state index contributed by atoms with van der Waals surface area (Å²) < 4.78 is 117. The van der Waals surface area contributed by atoms with Crippen LogP contribution in [0.15, 0.2) is 36.4 Å². The van der Waals surface area contributed by atoms with E-state index in [2.05, 4.69) is 4.74 Å². The van der Waals surface area contributed by atoms with Gasteiger partial charge in [0.05, 0.1) is 0 Å². The fourth-order valence-electron chi connectivity index (χ4n) is 3.20. The van der Waals surface area contributed by atoms with Crippen LogP contribution in [-0.2, 0) is 12.5 Å². The predicted molar refractivity (Wildman–Crippen MR) is 101 cm³/mol. The van der Waals surface area contributed by atoms with E-state index in [0.717, 1.165) is 13.3 Å². The first kappa shape index (κ1) is 23.6. The van der Waals surface area contributed by atoms with Gasteiger partial charge in [0.1, 0.15) is 28.8 Å². The minimum Gasteiger partial charge on any atom is -0.428 e. The number of benzene rings is 3. The standard InChI is InChI=1S/C23H16F8O/c1-3-4-12-5-6-14(15(24)7-12)13-8-16(25)20(17(26)9-13)23(30,31)32-19-10-18(27)22(29)21(28)11(19)2/h5-10H,3-4H2,1-2H3. The predicted octanol–water partition coefficient (Wildman–Crippen LogP) is 7.58. The van der Waals surface area contributed by atoms with E-state index in [1.165, 1.54) is 12.1 Å². The van der Waals surface area contributed by atoms with Crippen LogP contribution in [0.3, 0.4) is 0 Å². The molecule has 3 aromatic rings. The summed E-state index contributed by atoms with van der Waals surface area (Å²) >= 11 is 0. The Morgan fingerprint density at radius 2 is 1.41 bits per heavy atom. The highest BCUT2D eigenvalue weighted by Gasteiger charge is 2.42. The van der Waals surface area contributed by atoms with Crippen molar-refractivity contribution >= 4 is 0 Å². The van der Waals surface area contributed by atoms with Gasteiger partial charge in [-0.3, -0.25) is 0 Å². The minimum absolute atomic E-state index is 0.138. The first-order valence-electron chi connectivity index (χ1n) is 9.45. The molecule has 0 atom stereocenters. The van der Waals surface area contributed by atoms with E-state index in [0.29, 0.717) is 24.1 Å². The molecule has 0 fully saturated rings. The van der Waals surface area contributed by atoms with Crippen molar-refractivity contribution in [3.05, 3.63) is 88.0 Å². The Kier molecular flexibility index (Phi) is 6.48. The van der Waals surface area contributed by atoms with Gasteiger partial charge in [-0.2, -0.15) is 8.78 Å². The second-order valence-electron chi connectivity index (χ2n) is 7.11. The van der Waals surface area contributed by atoms with Crippen molar-refractivity contribution in [1.29, 1.82) is 0 Å². The lowest BCUT2D eigenvalue weighted by Crippen LogP contribution is -2.26. The van der Waals surface area contributed by atoms with Gasteiger partial charge in [-0.05, 0) is 42.7 Å². The number of hydrogen-bond acceptors (Lipinski definition) is 1. The summed E-state index contributed by atoms with van der Waals surface area (Å²) in [4.78, 5) is 0. The van der Waals surface area contributed by atoms with Crippen molar-refractivity contribution in [3.8, 4) is 16.9 Å². The third kappa shape index (κ3) is 4.42. The van der Waals surface area contributed by atoms with Crippen LogP contribution in [-0.4, -0.2) is 0 Å². The van der Waals surface area contributed by atoms with E-state index < -0.39 is 57.9 Å². The van der Waals surface area contributed by atoms with E-state index >= 15 is 0 Å². The first-order valence-corrected chi connectivity index (χ1v) is 9.45.